The van der Waals surface area contributed by atoms with Gasteiger partial charge in [-0.1, -0.05) is 0 Å². The highest BCUT2D eigenvalue weighted by molar-refractivity contribution is 5.83. The molecule has 1 aromatic rings. The Morgan fingerprint density at radius 3 is 2.38 bits per heavy atom. The van der Waals surface area contributed by atoms with Crippen molar-refractivity contribution in [1.82, 2.24) is 9.88 Å². The normalized spacial score (nSPS) is 19.1. The maximum Gasteiger partial charge on any atom is 0.413 e. The Kier molecular flexibility index (Phi) is 8.47. The first kappa shape index (κ1) is 25.9. The van der Waals surface area contributed by atoms with Crippen LogP contribution in [0.1, 0.15) is 52.8 Å². The molecule has 1 fully saturated rings. The van der Waals surface area contributed by atoms with E-state index in [4.69, 9.17) is 19.9 Å². The van der Waals surface area contributed by atoms with E-state index in [0.717, 1.165) is 11.3 Å². The number of anilines is 1. The average Bonchev–Trinajstić information content (AvgIpc) is 2.99. The smallest absolute Gasteiger partial charge is 0.413 e. The van der Waals surface area contributed by atoms with E-state index < -0.39 is 17.3 Å². The van der Waals surface area contributed by atoms with Crippen molar-refractivity contribution < 1.29 is 23.8 Å². The number of rotatable bonds is 6. The maximum absolute atomic E-state index is 12.6. The minimum Gasteiger partial charge on any atom is -0.444 e. The molecule has 9 heteroatoms. The molecule has 2 atom stereocenters. The fourth-order valence-corrected chi connectivity index (χ4v) is 3.51. The van der Waals surface area contributed by atoms with Gasteiger partial charge in [0.05, 0.1) is 19.3 Å². The van der Waals surface area contributed by atoms with Gasteiger partial charge in [0.25, 0.3) is 0 Å². The predicted molar refractivity (Wildman–Crippen MR) is 123 cm³/mol. The second-order valence-corrected chi connectivity index (χ2v) is 10.2. The zero-order valence-electron chi connectivity index (χ0n) is 20.4. The number of carbonyl (C=O) groups is 2. The number of amides is 2. The Bertz CT molecular complexity index is 801. The van der Waals surface area contributed by atoms with Crippen molar-refractivity contribution in [2.75, 3.05) is 31.6 Å². The molecule has 0 aliphatic carbocycles. The lowest BCUT2D eigenvalue weighted by Gasteiger charge is -2.24. The quantitative estimate of drug-likeness (QED) is 0.681. The van der Waals surface area contributed by atoms with Crippen LogP contribution in [0, 0.1) is 12.8 Å². The third kappa shape index (κ3) is 8.63. The molecule has 2 heterocycles. The summed E-state index contributed by atoms with van der Waals surface area (Å²) in [7, 11) is 0. The first-order valence-corrected chi connectivity index (χ1v) is 11.0. The third-order valence-corrected chi connectivity index (χ3v) is 4.61. The molecule has 0 spiro atoms. The van der Waals surface area contributed by atoms with Gasteiger partial charge < -0.3 is 24.8 Å². The largest absolute Gasteiger partial charge is 0.444 e. The molecule has 2 rings (SSSR count). The van der Waals surface area contributed by atoms with Crippen LogP contribution in [-0.4, -0.2) is 65.6 Å². The van der Waals surface area contributed by atoms with E-state index in [9.17, 15) is 9.59 Å². The lowest BCUT2D eigenvalue weighted by Crippen LogP contribution is -2.36. The van der Waals surface area contributed by atoms with E-state index in [2.05, 4.69) is 10.3 Å². The highest BCUT2D eigenvalue weighted by Gasteiger charge is 2.38. The minimum atomic E-state index is -0.598. The molecular formula is C23H38N4O5. The first-order valence-electron chi connectivity index (χ1n) is 11.0. The van der Waals surface area contributed by atoms with E-state index in [0.29, 0.717) is 38.5 Å². The molecule has 2 amide bonds. The van der Waals surface area contributed by atoms with Crippen LogP contribution in [0.4, 0.5) is 15.4 Å². The summed E-state index contributed by atoms with van der Waals surface area (Å²) in [4.78, 5) is 31.0. The predicted octanol–water partition coefficient (Wildman–Crippen LogP) is 3.49. The Morgan fingerprint density at radius 2 is 1.78 bits per heavy atom. The molecule has 180 valence electrons. The molecular weight excluding hydrogens is 412 g/mol. The summed E-state index contributed by atoms with van der Waals surface area (Å²) in [6.45, 7) is 14.6. The number of hydrogen-bond donors (Lipinski definition) is 2. The number of pyridine rings is 1. The number of likely N-dealkylation sites (tertiary alicyclic amines) is 1. The lowest BCUT2D eigenvalue weighted by atomic mass is 9.99. The second kappa shape index (κ2) is 10.5. The fraction of sp³-hybridized carbons (Fsp3) is 0.696. The van der Waals surface area contributed by atoms with E-state index in [-0.39, 0.29) is 18.1 Å². The molecule has 0 aromatic carbocycles. The summed E-state index contributed by atoms with van der Waals surface area (Å²) in [5.74, 6) is 0.452. The van der Waals surface area contributed by atoms with Gasteiger partial charge in [0.2, 0.25) is 0 Å². The van der Waals surface area contributed by atoms with Gasteiger partial charge in [0.15, 0.2) is 0 Å². The molecule has 9 nitrogen and oxygen atoms in total. The van der Waals surface area contributed by atoms with E-state index in [1.54, 1.807) is 31.7 Å². The van der Waals surface area contributed by atoms with E-state index >= 15 is 0 Å². The number of carbonyl (C=O) groups excluding carboxylic acids is 2. The molecule has 1 aliphatic heterocycles. The molecule has 1 aliphatic rings. The van der Waals surface area contributed by atoms with Gasteiger partial charge in [0.1, 0.15) is 17.0 Å². The summed E-state index contributed by atoms with van der Waals surface area (Å²) < 4.78 is 16.8. The fourth-order valence-electron chi connectivity index (χ4n) is 3.51. The van der Waals surface area contributed by atoms with Crippen molar-refractivity contribution in [3.8, 4) is 0 Å². The summed E-state index contributed by atoms with van der Waals surface area (Å²) in [6, 6.07) is 3.76. The first-order chi connectivity index (χ1) is 14.8. The Morgan fingerprint density at radius 1 is 1.12 bits per heavy atom. The molecule has 32 heavy (non-hydrogen) atoms. The van der Waals surface area contributed by atoms with Crippen LogP contribution in [0.3, 0.4) is 0 Å². The zero-order chi connectivity index (χ0) is 24.1. The summed E-state index contributed by atoms with van der Waals surface area (Å²) in [5, 5.41) is 2.70. The van der Waals surface area contributed by atoms with Gasteiger partial charge >= 0.3 is 12.2 Å². The zero-order valence-corrected chi connectivity index (χ0v) is 20.4. The minimum absolute atomic E-state index is 0.0257. The Hall–Kier alpha value is -2.39. The topological polar surface area (TPSA) is 116 Å². The van der Waals surface area contributed by atoms with Crippen LogP contribution in [0.25, 0.3) is 0 Å². The number of aryl methyl sites for hydroxylation is 1. The van der Waals surface area contributed by atoms with Crippen molar-refractivity contribution in [3.05, 3.63) is 23.4 Å². The van der Waals surface area contributed by atoms with Crippen LogP contribution in [0.5, 0.6) is 0 Å². The number of hydrogen-bond acceptors (Lipinski definition) is 7. The molecule has 3 N–H and O–H groups in total. The Labute approximate surface area is 191 Å². The Balaban J connectivity index is 2.12. The SMILES string of the molecule is Cc1cc(CC2CN(C(=O)OC(C)(C)C)CC2OCCN)nc(NC(=O)OC(C)(C)C)c1. The van der Waals surface area contributed by atoms with Gasteiger partial charge in [-0.05, 0) is 72.6 Å². The molecule has 0 radical (unpaired) electrons. The van der Waals surface area contributed by atoms with Gasteiger partial charge in [-0.25, -0.2) is 14.6 Å². The maximum atomic E-state index is 12.6. The number of nitrogens with two attached hydrogens (primary N) is 1. The van der Waals surface area contributed by atoms with Crippen LogP contribution in [-0.2, 0) is 20.6 Å². The van der Waals surface area contributed by atoms with Crippen LogP contribution in [0.2, 0.25) is 0 Å². The number of nitrogens with zero attached hydrogens (tertiary/aromatic N) is 2. The highest BCUT2D eigenvalue weighted by Crippen LogP contribution is 2.26. The molecule has 2 unspecified atom stereocenters. The third-order valence-electron chi connectivity index (χ3n) is 4.61. The summed E-state index contributed by atoms with van der Waals surface area (Å²) >= 11 is 0. The second-order valence-electron chi connectivity index (χ2n) is 10.2. The average molecular weight is 451 g/mol. The van der Waals surface area contributed by atoms with Gasteiger partial charge in [-0.2, -0.15) is 0 Å². The summed E-state index contributed by atoms with van der Waals surface area (Å²) in [5.41, 5.74) is 6.21. The lowest BCUT2D eigenvalue weighted by molar-refractivity contribution is 0.0196. The molecule has 0 bridgehead atoms. The van der Waals surface area contributed by atoms with Crippen molar-refractivity contribution >= 4 is 18.0 Å². The standard InChI is InChI=1S/C23H38N4O5/c1-15-10-17(25-19(11-15)26-20(28)31-22(2,3)4)12-16-13-27(14-18(16)30-9-8-24)21(29)32-23(5,6)7/h10-11,16,18H,8-9,12-14,24H2,1-7H3,(H,25,26,28). The van der Waals surface area contributed by atoms with Crippen LogP contribution < -0.4 is 11.1 Å². The van der Waals surface area contributed by atoms with Crippen molar-refractivity contribution in [2.24, 2.45) is 11.7 Å². The number of nitrogens with one attached hydrogen (secondary N) is 1. The molecule has 1 saturated heterocycles. The van der Waals surface area contributed by atoms with E-state index in [1.165, 1.54) is 0 Å². The van der Waals surface area contributed by atoms with Crippen LogP contribution in [0.15, 0.2) is 12.1 Å². The molecule has 0 saturated carbocycles. The number of ether oxygens (including phenoxy) is 3. The van der Waals surface area contributed by atoms with Crippen LogP contribution >= 0.6 is 0 Å². The van der Waals surface area contributed by atoms with Gasteiger partial charge in [-0.15, -0.1) is 0 Å². The highest BCUT2D eigenvalue weighted by atomic mass is 16.6. The van der Waals surface area contributed by atoms with Crippen molar-refractivity contribution in [2.45, 2.75) is 72.2 Å². The van der Waals surface area contributed by atoms with E-state index in [1.807, 2.05) is 33.8 Å². The van der Waals surface area contributed by atoms with Crippen molar-refractivity contribution in [1.29, 1.82) is 0 Å². The number of aromatic nitrogens is 1. The van der Waals surface area contributed by atoms with Crippen molar-refractivity contribution in [3.63, 3.8) is 0 Å². The summed E-state index contributed by atoms with van der Waals surface area (Å²) in [6.07, 6.45) is -0.497. The molecule has 1 aromatic heterocycles. The monoisotopic (exact) mass is 450 g/mol. The van der Waals surface area contributed by atoms with Gasteiger partial charge in [0, 0.05) is 24.7 Å². The van der Waals surface area contributed by atoms with Gasteiger partial charge in [-0.3, -0.25) is 5.32 Å².